The molecule has 0 atom stereocenters. The van der Waals surface area contributed by atoms with E-state index in [2.05, 4.69) is 163 Å². The van der Waals surface area contributed by atoms with Crippen LogP contribution in [0.5, 0.6) is 0 Å². The van der Waals surface area contributed by atoms with E-state index in [1.165, 1.54) is 61.3 Å². The molecular weight excluding hydrogens is 595 g/mol. The minimum Gasteiger partial charge on any atom is -0.307 e. The van der Waals surface area contributed by atoms with Crippen molar-refractivity contribution < 1.29 is 0 Å². The van der Waals surface area contributed by atoms with E-state index >= 15 is 0 Å². The molecule has 0 saturated heterocycles. The van der Waals surface area contributed by atoms with Crippen LogP contribution in [-0.2, 0) is 0 Å². The van der Waals surface area contributed by atoms with Crippen molar-refractivity contribution in [3.8, 4) is 11.1 Å². The van der Waals surface area contributed by atoms with Crippen LogP contribution in [0.15, 0.2) is 145 Å². The van der Waals surface area contributed by atoms with Crippen molar-refractivity contribution in [3.63, 3.8) is 0 Å². The van der Waals surface area contributed by atoms with Crippen LogP contribution in [0.3, 0.4) is 0 Å². The fraction of sp³-hybridized carbons (Fsp3) is 0.0909. The van der Waals surface area contributed by atoms with Gasteiger partial charge in [0.2, 0.25) is 6.71 Å². The van der Waals surface area contributed by atoms with Crippen molar-refractivity contribution >= 4 is 69.5 Å². The zero-order chi connectivity index (χ0) is 33.6. The molecule has 5 aromatic carbocycles. The molecule has 2 aliphatic rings. The van der Waals surface area contributed by atoms with Gasteiger partial charge in [-0.2, -0.15) is 0 Å². The quantitative estimate of drug-likeness (QED) is 0.104. The van der Waals surface area contributed by atoms with Gasteiger partial charge in [-0.3, -0.25) is 9.98 Å². The van der Waals surface area contributed by atoms with E-state index in [0.717, 1.165) is 28.2 Å². The molecule has 0 spiro atoms. The van der Waals surface area contributed by atoms with Gasteiger partial charge < -0.3 is 9.80 Å². The van der Waals surface area contributed by atoms with Crippen LogP contribution >= 0.6 is 0 Å². The number of aryl methyl sites for hydroxylation is 3. The summed E-state index contributed by atoms with van der Waals surface area (Å²) in [5.74, 6) is 0. The van der Waals surface area contributed by atoms with Crippen molar-refractivity contribution in [1.82, 2.24) is 4.98 Å². The largest absolute Gasteiger partial charge is 0.307 e. The molecule has 0 N–H and O–H groups in total. The first-order chi connectivity index (χ1) is 23.9. The summed E-state index contributed by atoms with van der Waals surface area (Å²) in [5, 5.41) is 0. The maximum atomic E-state index is 4.34. The number of rotatable bonds is 6. The summed E-state index contributed by atoms with van der Waals surface area (Å²) < 4.78 is 0. The number of nitrogens with zero attached hydrogens (tertiary/aromatic N) is 4. The summed E-state index contributed by atoms with van der Waals surface area (Å²) in [6.45, 7) is 12.5. The third-order valence-corrected chi connectivity index (χ3v) is 9.90. The van der Waals surface area contributed by atoms with E-state index in [0.29, 0.717) is 0 Å². The Morgan fingerprint density at radius 2 is 1.45 bits per heavy atom. The Balaban J connectivity index is 1.37. The number of pyridine rings is 1. The first kappa shape index (κ1) is 30.4. The first-order valence-electron chi connectivity index (χ1n) is 16.8. The average Bonchev–Trinajstić information content (AvgIpc) is 3.12. The zero-order valence-corrected chi connectivity index (χ0v) is 28.4. The highest BCUT2D eigenvalue weighted by molar-refractivity contribution is 6.98. The van der Waals surface area contributed by atoms with Crippen LogP contribution in [-0.4, -0.2) is 18.4 Å². The summed E-state index contributed by atoms with van der Waals surface area (Å²) in [6.07, 6.45) is 9.52. The second kappa shape index (κ2) is 12.3. The molecule has 1 aromatic heterocycles. The SMILES string of the molecule is C=N/C=C\C=C(/C)c1ccc2c(c1)B(c1c(C)cc(C)cc1C)c1cccc3c1N2c1ccccc1N3c1ccc(-c2cccnc2)cc1. The first-order valence-corrected chi connectivity index (χ1v) is 16.8. The molecule has 8 rings (SSSR count). The van der Waals surface area contributed by atoms with Gasteiger partial charge in [0.15, 0.2) is 0 Å². The Labute approximate surface area is 289 Å². The Bertz CT molecular complexity index is 2280. The van der Waals surface area contributed by atoms with Crippen molar-refractivity contribution in [2.24, 2.45) is 4.99 Å². The van der Waals surface area contributed by atoms with Crippen LogP contribution in [0, 0.1) is 20.8 Å². The number of hydrogen-bond acceptors (Lipinski definition) is 4. The fourth-order valence-corrected chi connectivity index (χ4v) is 7.87. The Kier molecular flexibility index (Phi) is 7.61. The molecular formula is C44H37BN4. The maximum absolute atomic E-state index is 4.34. The second-order valence-corrected chi connectivity index (χ2v) is 13.1. The summed E-state index contributed by atoms with van der Waals surface area (Å²) in [5.41, 5.74) is 19.6. The monoisotopic (exact) mass is 632 g/mol. The molecule has 0 bridgehead atoms. The number of allylic oxidation sites excluding steroid dienone is 3. The van der Waals surface area contributed by atoms with Gasteiger partial charge >= 0.3 is 0 Å². The van der Waals surface area contributed by atoms with Crippen LogP contribution in [0.1, 0.15) is 29.2 Å². The molecule has 236 valence electrons. The number of aromatic nitrogens is 1. The molecule has 49 heavy (non-hydrogen) atoms. The van der Waals surface area contributed by atoms with Crippen molar-refractivity contribution in [2.75, 3.05) is 9.80 Å². The van der Waals surface area contributed by atoms with E-state index in [1.807, 2.05) is 24.5 Å². The Morgan fingerprint density at radius 1 is 0.714 bits per heavy atom. The highest BCUT2D eigenvalue weighted by atomic mass is 15.3. The lowest BCUT2D eigenvalue weighted by atomic mass is 9.33. The Hall–Kier alpha value is -5.94. The molecule has 5 heteroatoms. The summed E-state index contributed by atoms with van der Waals surface area (Å²) in [4.78, 5) is 13.1. The van der Waals surface area contributed by atoms with E-state index in [9.17, 15) is 0 Å². The number of fused-ring (bicyclic) bond motifs is 4. The summed E-state index contributed by atoms with van der Waals surface area (Å²) in [7, 11) is 0. The van der Waals surface area contributed by atoms with E-state index < -0.39 is 0 Å². The number of aliphatic imine (C=N–C) groups is 1. The van der Waals surface area contributed by atoms with Crippen LogP contribution < -0.4 is 26.2 Å². The molecule has 0 fully saturated rings. The van der Waals surface area contributed by atoms with E-state index in [-0.39, 0.29) is 6.71 Å². The number of hydrogen-bond donors (Lipinski definition) is 0. The van der Waals surface area contributed by atoms with Crippen LogP contribution in [0.2, 0.25) is 0 Å². The van der Waals surface area contributed by atoms with Crippen molar-refractivity contribution in [3.05, 3.63) is 162 Å². The van der Waals surface area contributed by atoms with Crippen LogP contribution in [0.25, 0.3) is 16.7 Å². The molecule has 0 radical (unpaired) electrons. The number of para-hydroxylation sites is 3. The molecule has 4 nitrogen and oxygen atoms in total. The highest BCUT2D eigenvalue weighted by Crippen LogP contribution is 2.54. The summed E-state index contributed by atoms with van der Waals surface area (Å²) in [6, 6.07) is 40.2. The fourth-order valence-electron chi connectivity index (χ4n) is 7.87. The maximum Gasteiger partial charge on any atom is 0.247 e. The average molecular weight is 633 g/mol. The van der Waals surface area contributed by atoms with Gasteiger partial charge in [0, 0.05) is 30.0 Å². The van der Waals surface area contributed by atoms with Gasteiger partial charge in [-0.05, 0) is 116 Å². The normalized spacial score (nSPS) is 13.3. The third kappa shape index (κ3) is 5.10. The molecule has 6 aromatic rings. The van der Waals surface area contributed by atoms with Gasteiger partial charge in [-0.15, -0.1) is 0 Å². The van der Waals surface area contributed by atoms with Gasteiger partial charge in [0.05, 0.1) is 22.7 Å². The summed E-state index contributed by atoms with van der Waals surface area (Å²) >= 11 is 0. The predicted octanol–water partition coefficient (Wildman–Crippen LogP) is 9.37. The highest BCUT2D eigenvalue weighted by Gasteiger charge is 2.42. The standard InChI is InChI=1S/C44H37BN4/c1-29-25-31(3)43(32(4)26-29)45-37-13-8-16-42-44(37)49(39-22-19-34(27-38(39)45)30(2)11-9-23-46-5)41-15-7-6-14-40(41)48(42)36-20-17-33(18-21-36)35-12-10-24-47-28-35/h6-28H,5H2,1-4H3/b23-9-,30-11+. The van der Waals surface area contributed by atoms with Crippen molar-refractivity contribution in [2.45, 2.75) is 27.7 Å². The zero-order valence-electron chi connectivity index (χ0n) is 28.4. The van der Waals surface area contributed by atoms with Gasteiger partial charge in [0.1, 0.15) is 0 Å². The smallest absolute Gasteiger partial charge is 0.247 e. The molecule has 0 amide bonds. The topological polar surface area (TPSA) is 31.7 Å². The lowest BCUT2D eigenvalue weighted by Crippen LogP contribution is -2.59. The molecule has 0 saturated carbocycles. The van der Waals surface area contributed by atoms with Gasteiger partial charge in [-0.1, -0.05) is 95.0 Å². The number of benzene rings is 5. The van der Waals surface area contributed by atoms with Gasteiger partial charge in [0.25, 0.3) is 0 Å². The second-order valence-electron chi connectivity index (χ2n) is 13.1. The minimum absolute atomic E-state index is 0.0556. The molecule has 2 aliphatic heterocycles. The predicted molar refractivity (Wildman–Crippen MR) is 210 cm³/mol. The molecule has 0 unspecified atom stereocenters. The lowest BCUT2D eigenvalue weighted by Gasteiger charge is -2.46. The van der Waals surface area contributed by atoms with E-state index in [4.69, 9.17) is 0 Å². The van der Waals surface area contributed by atoms with Crippen molar-refractivity contribution in [1.29, 1.82) is 0 Å². The van der Waals surface area contributed by atoms with Gasteiger partial charge in [-0.25, -0.2) is 0 Å². The van der Waals surface area contributed by atoms with E-state index in [1.54, 1.807) is 6.20 Å². The Morgan fingerprint density at radius 3 is 2.16 bits per heavy atom. The third-order valence-electron chi connectivity index (χ3n) is 9.90. The minimum atomic E-state index is 0.0556. The molecule has 0 aliphatic carbocycles. The van der Waals surface area contributed by atoms with Crippen LogP contribution in [0.4, 0.5) is 34.1 Å². The molecule has 3 heterocycles. The lowest BCUT2D eigenvalue weighted by molar-refractivity contribution is 1.17. The number of anilines is 6.